The smallest absolute Gasteiger partial charge is 0.0469 e. The van der Waals surface area contributed by atoms with Crippen LogP contribution in [-0.4, -0.2) is 19.3 Å². The van der Waals surface area contributed by atoms with E-state index >= 15 is 0 Å². The Balaban J connectivity index is 1.63. The van der Waals surface area contributed by atoms with Crippen molar-refractivity contribution in [3.63, 3.8) is 0 Å². The van der Waals surface area contributed by atoms with Crippen LogP contribution >= 0.6 is 0 Å². The van der Waals surface area contributed by atoms with E-state index in [1.54, 1.807) is 0 Å². The van der Waals surface area contributed by atoms with Gasteiger partial charge in [0.15, 0.2) is 0 Å². The van der Waals surface area contributed by atoms with Gasteiger partial charge in [0.05, 0.1) is 0 Å². The van der Waals surface area contributed by atoms with Crippen molar-refractivity contribution in [2.45, 2.75) is 44.7 Å². The van der Waals surface area contributed by atoms with Crippen molar-refractivity contribution in [2.24, 2.45) is 5.92 Å². The van der Waals surface area contributed by atoms with Crippen LogP contribution in [0.5, 0.6) is 0 Å². The summed E-state index contributed by atoms with van der Waals surface area (Å²) in [4.78, 5) is 0. The van der Waals surface area contributed by atoms with Crippen molar-refractivity contribution in [3.8, 4) is 0 Å². The minimum Gasteiger partial charge on any atom is -0.381 e. The fourth-order valence-electron chi connectivity index (χ4n) is 3.40. The molecule has 3 rings (SSSR count). The largest absolute Gasteiger partial charge is 0.381 e. The Bertz CT molecular complexity index is 398. The highest BCUT2D eigenvalue weighted by Gasteiger charge is 2.26. The van der Waals surface area contributed by atoms with E-state index in [0.717, 1.165) is 19.1 Å². The quantitative estimate of drug-likeness (QED) is 0.883. The second-order valence-electron chi connectivity index (χ2n) is 5.70. The average molecular weight is 245 g/mol. The highest BCUT2D eigenvalue weighted by molar-refractivity contribution is 5.34. The number of rotatable bonds is 3. The van der Waals surface area contributed by atoms with Crippen molar-refractivity contribution in [1.82, 2.24) is 5.32 Å². The molecule has 2 nitrogen and oxygen atoms in total. The van der Waals surface area contributed by atoms with Crippen LogP contribution in [-0.2, 0) is 11.2 Å². The van der Waals surface area contributed by atoms with Gasteiger partial charge in [0, 0.05) is 25.3 Å². The van der Waals surface area contributed by atoms with E-state index < -0.39 is 0 Å². The highest BCUT2D eigenvalue weighted by atomic mass is 16.5. The van der Waals surface area contributed by atoms with Crippen LogP contribution in [0.25, 0.3) is 0 Å². The van der Waals surface area contributed by atoms with Gasteiger partial charge in [-0.15, -0.1) is 0 Å². The maximum Gasteiger partial charge on any atom is 0.0469 e. The Labute approximate surface area is 110 Å². The van der Waals surface area contributed by atoms with Gasteiger partial charge in [-0.1, -0.05) is 24.3 Å². The van der Waals surface area contributed by atoms with Crippen LogP contribution in [0.15, 0.2) is 24.3 Å². The zero-order valence-electron chi connectivity index (χ0n) is 11.2. The summed E-state index contributed by atoms with van der Waals surface area (Å²) in [5, 5.41) is 3.85. The van der Waals surface area contributed by atoms with Crippen molar-refractivity contribution in [1.29, 1.82) is 0 Å². The lowest BCUT2D eigenvalue weighted by Crippen LogP contribution is -2.38. The van der Waals surface area contributed by atoms with Crippen LogP contribution in [0.1, 0.15) is 43.4 Å². The van der Waals surface area contributed by atoms with Gasteiger partial charge in [-0.05, 0) is 49.7 Å². The third-order valence-corrected chi connectivity index (χ3v) is 4.57. The number of nitrogens with one attached hydrogen (secondary N) is 1. The molecule has 1 N–H and O–H groups in total. The molecule has 2 atom stereocenters. The Hall–Kier alpha value is -0.860. The molecule has 1 aliphatic carbocycles. The molecule has 1 aliphatic heterocycles. The van der Waals surface area contributed by atoms with Crippen LogP contribution < -0.4 is 5.32 Å². The van der Waals surface area contributed by atoms with E-state index in [2.05, 4.69) is 36.5 Å². The normalized spacial score (nSPS) is 25.9. The molecule has 2 heteroatoms. The predicted octanol–water partition coefficient (Wildman–Crippen LogP) is 3.08. The number of hydrogen-bond acceptors (Lipinski definition) is 2. The lowest BCUT2D eigenvalue weighted by molar-refractivity contribution is 0.0544. The molecular weight excluding hydrogens is 222 g/mol. The number of aryl methyl sites for hydroxylation is 1. The van der Waals surface area contributed by atoms with E-state index in [0.29, 0.717) is 12.1 Å². The van der Waals surface area contributed by atoms with Crippen molar-refractivity contribution < 1.29 is 4.74 Å². The Kier molecular flexibility index (Phi) is 3.67. The minimum absolute atomic E-state index is 0.569. The zero-order chi connectivity index (χ0) is 12.4. The zero-order valence-corrected chi connectivity index (χ0v) is 11.2. The summed E-state index contributed by atoms with van der Waals surface area (Å²) in [6.07, 6.45) is 4.91. The van der Waals surface area contributed by atoms with E-state index in [1.165, 1.54) is 36.8 Å². The van der Waals surface area contributed by atoms with Crippen LogP contribution in [0.4, 0.5) is 0 Å². The third kappa shape index (κ3) is 2.45. The number of benzene rings is 1. The van der Waals surface area contributed by atoms with Gasteiger partial charge in [-0.25, -0.2) is 0 Å². The fraction of sp³-hybridized carbons (Fsp3) is 0.625. The van der Waals surface area contributed by atoms with Gasteiger partial charge in [0.25, 0.3) is 0 Å². The van der Waals surface area contributed by atoms with E-state index in [1.807, 2.05) is 0 Å². The molecule has 2 aliphatic rings. The summed E-state index contributed by atoms with van der Waals surface area (Å²) in [5.41, 5.74) is 3.06. The summed E-state index contributed by atoms with van der Waals surface area (Å²) in [6.45, 7) is 4.23. The maximum absolute atomic E-state index is 5.45. The standard InChI is InChI=1S/C16H23NO/c1-12(13-8-10-18-11-9-13)17-16-7-6-14-4-2-3-5-15(14)16/h2-5,12-13,16-17H,6-11H2,1H3. The summed E-state index contributed by atoms with van der Waals surface area (Å²) in [7, 11) is 0. The lowest BCUT2D eigenvalue weighted by atomic mass is 9.92. The first-order chi connectivity index (χ1) is 8.84. The molecule has 1 heterocycles. The molecule has 1 aromatic rings. The molecule has 0 amide bonds. The van der Waals surface area contributed by atoms with Crippen LogP contribution in [0.3, 0.4) is 0 Å². The summed E-state index contributed by atoms with van der Waals surface area (Å²) >= 11 is 0. The molecule has 0 bridgehead atoms. The first-order valence-electron chi connectivity index (χ1n) is 7.26. The monoisotopic (exact) mass is 245 g/mol. The van der Waals surface area contributed by atoms with Crippen molar-refractivity contribution in [2.75, 3.05) is 13.2 Å². The fourth-order valence-corrected chi connectivity index (χ4v) is 3.40. The predicted molar refractivity (Wildman–Crippen MR) is 73.6 cm³/mol. The van der Waals surface area contributed by atoms with Gasteiger partial charge in [-0.3, -0.25) is 0 Å². The Morgan fingerprint density at radius 3 is 2.78 bits per heavy atom. The number of fused-ring (bicyclic) bond motifs is 1. The Morgan fingerprint density at radius 2 is 1.94 bits per heavy atom. The third-order valence-electron chi connectivity index (χ3n) is 4.57. The van der Waals surface area contributed by atoms with Gasteiger partial charge in [0.2, 0.25) is 0 Å². The average Bonchev–Trinajstić information content (AvgIpc) is 2.83. The summed E-state index contributed by atoms with van der Waals surface area (Å²) in [5.74, 6) is 0.784. The molecule has 0 spiro atoms. The van der Waals surface area contributed by atoms with Crippen molar-refractivity contribution >= 4 is 0 Å². The topological polar surface area (TPSA) is 21.3 Å². The van der Waals surface area contributed by atoms with Gasteiger partial charge in [-0.2, -0.15) is 0 Å². The molecule has 18 heavy (non-hydrogen) atoms. The molecule has 1 aromatic carbocycles. The van der Waals surface area contributed by atoms with Gasteiger partial charge in [0.1, 0.15) is 0 Å². The molecular formula is C16H23NO. The summed E-state index contributed by atoms with van der Waals surface area (Å²) < 4.78 is 5.45. The summed E-state index contributed by atoms with van der Waals surface area (Å²) in [6, 6.07) is 10.1. The molecule has 0 aromatic heterocycles. The van der Waals surface area contributed by atoms with E-state index in [9.17, 15) is 0 Å². The van der Waals surface area contributed by atoms with Gasteiger partial charge >= 0.3 is 0 Å². The second kappa shape index (κ2) is 5.41. The highest BCUT2D eigenvalue weighted by Crippen LogP contribution is 2.32. The molecule has 0 saturated carbocycles. The minimum atomic E-state index is 0.569. The lowest BCUT2D eigenvalue weighted by Gasteiger charge is -2.31. The molecule has 98 valence electrons. The maximum atomic E-state index is 5.45. The first-order valence-corrected chi connectivity index (χ1v) is 7.26. The van der Waals surface area contributed by atoms with E-state index in [-0.39, 0.29) is 0 Å². The first kappa shape index (κ1) is 12.2. The van der Waals surface area contributed by atoms with Gasteiger partial charge < -0.3 is 10.1 Å². The molecule has 1 saturated heterocycles. The second-order valence-corrected chi connectivity index (χ2v) is 5.70. The van der Waals surface area contributed by atoms with Crippen molar-refractivity contribution in [3.05, 3.63) is 35.4 Å². The number of hydrogen-bond donors (Lipinski definition) is 1. The molecule has 0 radical (unpaired) electrons. The molecule has 2 unspecified atom stereocenters. The van der Waals surface area contributed by atoms with Crippen LogP contribution in [0.2, 0.25) is 0 Å². The Morgan fingerprint density at radius 1 is 1.17 bits per heavy atom. The van der Waals surface area contributed by atoms with E-state index in [4.69, 9.17) is 4.74 Å². The molecule has 1 fully saturated rings. The number of ether oxygens (including phenoxy) is 1. The SMILES string of the molecule is CC(NC1CCc2ccccc21)C1CCOCC1. The van der Waals surface area contributed by atoms with Crippen LogP contribution in [0, 0.1) is 5.92 Å².